The zero-order valence-corrected chi connectivity index (χ0v) is 14.9. The second kappa shape index (κ2) is 7.62. The lowest BCUT2D eigenvalue weighted by Gasteiger charge is -2.31. The van der Waals surface area contributed by atoms with E-state index in [1.807, 2.05) is 12.1 Å². The van der Waals surface area contributed by atoms with Crippen LogP contribution in [0.15, 0.2) is 28.9 Å². The van der Waals surface area contributed by atoms with E-state index in [9.17, 15) is 10.1 Å². The molecule has 1 aliphatic heterocycles. The summed E-state index contributed by atoms with van der Waals surface area (Å²) in [6.45, 7) is 3.51. The summed E-state index contributed by atoms with van der Waals surface area (Å²) in [6, 6.07) is 6.04. The number of nitrogen functional groups attached to an aromatic ring is 1. The Balaban J connectivity index is 1.77. The van der Waals surface area contributed by atoms with E-state index in [0.717, 1.165) is 35.0 Å². The summed E-state index contributed by atoms with van der Waals surface area (Å²) in [6.07, 6.45) is 1.11. The molecular formula is C15H17BrN6O3. The van der Waals surface area contributed by atoms with Crippen molar-refractivity contribution in [2.75, 3.05) is 42.3 Å². The molecule has 10 heteroatoms. The van der Waals surface area contributed by atoms with Gasteiger partial charge in [0, 0.05) is 29.8 Å². The number of hydrogen-bond acceptors (Lipinski definition) is 8. The summed E-state index contributed by atoms with van der Waals surface area (Å²) < 4.78 is 6.40. The number of anilines is 3. The molecule has 9 nitrogen and oxygen atoms in total. The number of rotatable bonds is 5. The SMILES string of the molecule is Nc1nc(NCc2ccc(Br)cc2N2CCOCC2)ncc1[N+](=O)[O-]. The van der Waals surface area contributed by atoms with Crippen molar-refractivity contribution >= 4 is 39.1 Å². The summed E-state index contributed by atoms with van der Waals surface area (Å²) in [4.78, 5) is 20.3. The van der Waals surface area contributed by atoms with Gasteiger partial charge in [0.1, 0.15) is 6.20 Å². The van der Waals surface area contributed by atoms with Gasteiger partial charge in [-0.05, 0) is 17.7 Å². The van der Waals surface area contributed by atoms with E-state index in [4.69, 9.17) is 10.5 Å². The molecule has 2 aromatic rings. The molecule has 2 heterocycles. The van der Waals surface area contributed by atoms with Crippen LogP contribution < -0.4 is 16.0 Å². The quantitative estimate of drug-likeness (QED) is 0.570. The lowest BCUT2D eigenvalue weighted by Crippen LogP contribution is -2.37. The fourth-order valence-electron chi connectivity index (χ4n) is 2.57. The Labute approximate surface area is 152 Å². The van der Waals surface area contributed by atoms with Crippen molar-refractivity contribution in [1.29, 1.82) is 0 Å². The first-order valence-corrected chi connectivity index (χ1v) is 8.46. The van der Waals surface area contributed by atoms with Crippen LogP contribution in [0.3, 0.4) is 0 Å². The molecule has 0 atom stereocenters. The minimum Gasteiger partial charge on any atom is -0.378 e. The topological polar surface area (TPSA) is 119 Å². The summed E-state index contributed by atoms with van der Waals surface area (Å²) >= 11 is 3.51. The van der Waals surface area contributed by atoms with Crippen LogP contribution in [-0.2, 0) is 11.3 Å². The number of nitrogens with one attached hydrogen (secondary N) is 1. The van der Waals surface area contributed by atoms with Crippen LogP contribution in [-0.4, -0.2) is 41.2 Å². The molecule has 1 aromatic heterocycles. The monoisotopic (exact) mass is 408 g/mol. The maximum Gasteiger partial charge on any atom is 0.329 e. The van der Waals surface area contributed by atoms with Crippen molar-refractivity contribution in [1.82, 2.24) is 9.97 Å². The molecule has 3 rings (SSSR count). The molecule has 25 heavy (non-hydrogen) atoms. The van der Waals surface area contributed by atoms with Gasteiger partial charge in [-0.2, -0.15) is 4.98 Å². The second-order valence-corrected chi connectivity index (χ2v) is 6.36. The first-order valence-electron chi connectivity index (χ1n) is 7.66. The third-order valence-electron chi connectivity index (χ3n) is 3.83. The average Bonchev–Trinajstić information content (AvgIpc) is 2.61. The highest BCUT2D eigenvalue weighted by Gasteiger charge is 2.17. The Bertz CT molecular complexity index is 782. The molecular weight excluding hydrogens is 392 g/mol. The first-order chi connectivity index (χ1) is 12.0. The Morgan fingerprint density at radius 1 is 1.40 bits per heavy atom. The van der Waals surface area contributed by atoms with Gasteiger partial charge >= 0.3 is 5.69 Å². The van der Waals surface area contributed by atoms with Crippen LogP contribution in [0.1, 0.15) is 5.56 Å². The van der Waals surface area contributed by atoms with E-state index in [2.05, 4.69) is 42.2 Å². The van der Waals surface area contributed by atoms with Gasteiger partial charge in [0.2, 0.25) is 11.8 Å². The van der Waals surface area contributed by atoms with Crippen LogP contribution in [0.25, 0.3) is 0 Å². The van der Waals surface area contributed by atoms with E-state index in [1.54, 1.807) is 0 Å². The van der Waals surface area contributed by atoms with Crippen molar-refractivity contribution in [2.45, 2.75) is 6.54 Å². The van der Waals surface area contributed by atoms with Gasteiger partial charge in [0.15, 0.2) is 0 Å². The van der Waals surface area contributed by atoms with E-state index < -0.39 is 4.92 Å². The number of nitrogens with two attached hydrogens (primary N) is 1. The van der Waals surface area contributed by atoms with E-state index in [1.165, 1.54) is 0 Å². The largest absolute Gasteiger partial charge is 0.378 e. The van der Waals surface area contributed by atoms with Crippen molar-refractivity contribution in [3.8, 4) is 0 Å². The summed E-state index contributed by atoms with van der Waals surface area (Å²) in [5, 5.41) is 13.8. The molecule has 1 aliphatic rings. The minimum absolute atomic E-state index is 0.160. The predicted octanol–water partition coefficient (Wildman–Crippen LogP) is 2.18. The highest BCUT2D eigenvalue weighted by molar-refractivity contribution is 9.10. The van der Waals surface area contributed by atoms with Crippen LogP contribution in [0.4, 0.5) is 23.1 Å². The van der Waals surface area contributed by atoms with Gasteiger partial charge < -0.3 is 20.7 Å². The van der Waals surface area contributed by atoms with Crippen LogP contribution in [0.2, 0.25) is 0 Å². The summed E-state index contributed by atoms with van der Waals surface area (Å²) in [5.74, 6) is 0.0886. The number of benzene rings is 1. The molecule has 3 N–H and O–H groups in total. The predicted molar refractivity (Wildman–Crippen MR) is 97.6 cm³/mol. The number of morpholine rings is 1. The maximum atomic E-state index is 10.8. The highest BCUT2D eigenvalue weighted by atomic mass is 79.9. The Morgan fingerprint density at radius 2 is 2.16 bits per heavy atom. The lowest BCUT2D eigenvalue weighted by molar-refractivity contribution is -0.384. The number of nitrogens with zero attached hydrogens (tertiary/aromatic N) is 4. The standard InChI is InChI=1S/C15H17BrN6O3/c16-11-2-1-10(12(7-11)21-3-5-25-6-4-21)8-18-15-19-9-13(22(23)24)14(17)20-15/h1-2,7,9H,3-6,8H2,(H3,17,18,19,20). The van der Waals surface area contributed by atoms with Crippen molar-refractivity contribution in [2.24, 2.45) is 0 Å². The molecule has 0 spiro atoms. The minimum atomic E-state index is -0.607. The molecule has 1 fully saturated rings. The van der Waals surface area contributed by atoms with E-state index in [-0.39, 0.29) is 17.5 Å². The molecule has 1 aromatic carbocycles. The molecule has 0 aliphatic carbocycles. The molecule has 0 unspecified atom stereocenters. The number of aromatic nitrogens is 2. The van der Waals surface area contributed by atoms with Gasteiger partial charge in [-0.15, -0.1) is 0 Å². The fourth-order valence-corrected chi connectivity index (χ4v) is 2.92. The molecule has 0 amide bonds. The third-order valence-corrected chi connectivity index (χ3v) is 4.32. The van der Waals surface area contributed by atoms with Gasteiger partial charge in [0.25, 0.3) is 0 Å². The van der Waals surface area contributed by atoms with Gasteiger partial charge in [-0.3, -0.25) is 10.1 Å². The molecule has 132 valence electrons. The van der Waals surface area contributed by atoms with Crippen LogP contribution >= 0.6 is 15.9 Å². The lowest BCUT2D eigenvalue weighted by atomic mass is 10.1. The number of nitro groups is 1. The highest BCUT2D eigenvalue weighted by Crippen LogP contribution is 2.27. The Hall–Kier alpha value is -2.46. The summed E-state index contributed by atoms with van der Waals surface area (Å²) in [7, 11) is 0. The Kier molecular flexibility index (Phi) is 5.29. The van der Waals surface area contributed by atoms with Crippen LogP contribution in [0, 0.1) is 10.1 Å². The number of halogens is 1. The second-order valence-electron chi connectivity index (χ2n) is 5.45. The number of hydrogen-bond donors (Lipinski definition) is 2. The average molecular weight is 409 g/mol. The first kappa shape index (κ1) is 17.4. The smallest absolute Gasteiger partial charge is 0.329 e. The molecule has 0 bridgehead atoms. The molecule has 1 saturated heterocycles. The van der Waals surface area contributed by atoms with Gasteiger partial charge in [-0.25, -0.2) is 4.98 Å². The zero-order chi connectivity index (χ0) is 17.8. The molecule has 0 saturated carbocycles. The maximum absolute atomic E-state index is 10.8. The summed E-state index contributed by atoms with van der Waals surface area (Å²) in [5.41, 5.74) is 7.45. The fraction of sp³-hybridized carbons (Fsp3) is 0.333. The third kappa shape index (κ3) is 4.15. The van der Waals surface area contributed by atoms with E-state index in [0.29, 0.717) is 19.8 Å². The number of ether oxygens (including phenoxy) is 1. The molecule has 0 radical (unpaired) electrons. The van der Waals surface area contributed by atoms with Gasteiger partial charge in [0.05, 0.1) is 18.1 Å². The van der Waals surface area contributed by atoms with Crippen molar-refractivity contribution in [3.05, 3.63) is 44.5 Å². The van der Waals surface area contributed by atoms with Crippen molar-refractivity contribution < 1.29 is 9.66 Å². The van der Waals surface area contributed by atoms with Crippen LogP contribution in [0.5, 0.6) is 0 Å². The Morgan fingerprint density at radius 3 is 2.84 bits per heavy atom. The van der Waals surface area contributed by atoms with Gasteiger partial charge in [-0.1, -0.05) is 22.0 Å². The zero-order valence-electron chi connectivity index (χ0n) is 13.3. The normalized spacial score (nSPS) is 14.4. The van der Waals surface area contributed by atoms with Crippen molar-refractivity contribution in [3.63, 3.8) is 0 Å². The van der Waals surface area contributed by atoms with E-state index >= 15 is 0 Å².